The zero-order valence-electron chi connectivity index (χ0n) is 13.9. The molecule has 0 aliphatic heterocycles. The minimum atomic E-state index is 0.196. The Bertz CT molecular complexity index is 669. The standard InChI is InChI=1S/C19H24N2OS/c1-13(22)12-15-8-10-16(11-9-15)18-14(2)23-19(21-18)20-17-6-4-3-5-7-17/h8-11,17H,3-7,12H2,1-2H3,(H,20,21). The molecule has 2 aromatic rings. The second kappa shape index (κ2) is 7.26. The Hall–Kier alpha value is -1.68. The molecule has 0 bridgehead atoms. The number of ketones is 1. The lowest BCUT2D eigenvalue weighted by Gasteiger charge is -2.22. The summed E-state index contributed by atoms with van der Waals surface area (Å²) in [6.45, 7) is 3.75. The number of thiazole rings is 1. The van der Waals surface area contributed by atoms with Crippen LogP contribution in [0.5, 0.6) is 0 Å². The molecule has 0 spiro atoms. The predicted molar refractivity (Wildman–Crippen MR) is 97.2 cm³/mol. The van der Waals surface area contributed by atoms with Crippen LogP contribution < -0.4 is 5.32 Å². The number of benzene rings is 1. The third kappa shape index (κ3) is 4.20. The van der Waals surface area contributed by atoms with Crippen LogP contribution in [0.3, 0.4) is 0 Å². The van der Waals surface area contributed by atoms with Gasteiger partial charge in [0.15, 0.2) is 5.13 Å². The minimum absolute atomic E-state index is 0.196. The van der Waals surface area contributed by atoms with Gasteiger partial charge in [-0.25, -0.2) is 4.98 Å². The van der Waals surface area contributed by atoms with Crippen molar-refractivity contribution in [1.29, 1.82) is 0 Å². The highest BCUT2D eigenvalue weighted by atomic mass is 32.1. The van der Waals surface area contributed by atoms with Gasteiger partial charge in [0.05, 0.1) is 5.69 Å². The van der Waals surface area contributed by atoms with Crippen molar-refractivity contribution in [3.8, 4) is 11.3 Å². The van der Waals surface area contributed by atoms with Crippen molar-refractivity contribution in [2.24, 2.45) is 0 Å². The summed E-state index contributed by atoms with van der Waals surface area (Å²) < 4.78 is 0. The van der Waals surface area contributed by atoms with Crippen molar-refractivity contribution in [3.63, 3.8) is 0 Å². The fourth-order valence-electron chi connectivity index (χ4n) is 3.22. The van der Waals surface area contributed by atoms with Gasteiger partial charge < -0.3 is 5.32 Å². The van der Waals surface area contributed by atoms with E-state index in [1.54, 1.807) is 18.3 Å². The fraction of sp³-hybridized carbons (Fsp3) is 0.474. The van der Waals surface area contributed by atoms with Crippen LogP contribution >= 0.6 is 11.3 Å². The van der Waals surface area contributed by atoms with Crippen molar-refractivity contribution >= 4 is 22.3 Å². The summed E-state index contributed by atoms with van der Waals surface area (Å²) in [5.74, 6) is 0.196. The second-order valence-corrected chi connectivity index (χ2v) is 7.68. The average molecular weight is 328 g/mol. The van der Waals surface area contributed by atoms with E-state index in [-0.39, 0.29) is 5.78 Å². The molecule has 1 aliphatic rings. The van der Waals surface area contributed by atoms with E-state index in [2.05, 4.69) is 24.4 Å². The quantitative estimate of drug-likeness (QED) is 0.840. The van der Waals surface area contributed by atoms with Crippen LogP contribution in [0.1, 0.15) is 49.5 Å². The molecule has 3 nitrogen and oxygen atoms in total. The number of hydrogen-bond donors (Lipinski definition) is 1. The monoisotopic (exact) mass is 328 g/mol. The Kier molecular flexibility index (Phi) is 5.11. The van der Waals surface area contributed by atoms with E-state index in [0.717, 1.165) is 22.0 Å². The zero-order chi connectivity index (χ0) is 16.2. The SMILES string of the molecule is CC(=O)Cc1ccc(-c2nc(NC3CCCCC3)sc2C)cc1. The molecule has 1 N–H and O–H groups in total. The molecule has 0 unspecified atom stereocenters. The highest BCUT2D eigenvalue weighted by molar-refractivity contribution is 7.16. The van der Waals surface area contributed by atoms with Gasteiger partial charge in [-0.15, -0.1) is 11.3 Å². The maximum absolute atomic E-state index is 11.2. The van der Waals surface area contributed by atoms with Crippen molar-refractivity contribution in [3.05, 3.63) is 34.7 Å². The predicted octanol–water partition coefficient (Wildman–Crippen LogP) is 4.99. The van der Waals surface area contributed by atoms with Crippen molar-refractivity contribution in [2.45, 2.75) is 58.4 Å². The van der Waals surface area contributed by atoms with Gasteiger partial charge >= 0.3 is 0 Å². The highest BCUT2D eigenvalue weighted by Crippen LogP contribution is 2.32. The van der Waals surface area contributed by atoms with Gasteiger partial charge in [-0.1, -0.05) is 43.5 Å². The first-order valence-corrected chi connectivity index (χ1v) is 9.26. The highest BCUT2D eigenvalue weighted by Gasteiger charge is 2.16. The summed E-state index contributed by atoms with van der Waals surface area (Å²) in [5, 5.41) is 4.65. The van der Waals surface area contributed by atoms with Gasteiger partial charge in [-0.3, -0.25) is 4.79 Å². The number of rotatable bonds is 5. The van der Waals surface area contributed by atoms with Crippen LogP contribution in [0, 0.1) is 6.92 Å². The molecule has 0 saturated heterocycles. The lowest BCUT2D eigenvalue weighted by atomic mass is 9.96. The second-order valence-electron chi connectivity index (χ2n) is 6.48. The fourth-order valence-corrected chi connectivity index (χ4v) is 4.13. The number of Topliss-reactive ketones (excluding diaryl/α,β-unsaturated/α-hetero) is 1. The molecule has 1 fully saturated rings. The number of aryl methyl sites for hydroxylation is 1. The molecule has 3 rings (SSSR count). The number of nitrogens with zero attached hydrogens (tertiary/aromatic N) is 1. The summed E-state index contributed by atoms with van der Waals surface area (Å²) in [6, 6.07) is 8.79. The topological polar surface area (TPSA) is 42.0 Å². The van der Waals surface area contributed by atoms with Crippen molar-refractivity contribution in [1.82, 2.24) is 4.98 Å². The molecule has 0 amide bonds. The van der Waals surface area contributed by atoms with E-state index in [1.807, 2.05) is 12.1 Å². The molecular weight excluding hydrogens is 304 g/mol. The number of hydrogen-bond acceptors (Lipinski definition) is 4. The Morgan fingerprint density at radius 3 is 2.57 bits per heavy atom. The summed E-state index contributed by atoms with van der Waals surface area (Å²) >= 11 is 1.74. The number of carbonyl (C=O) groups excluding carboxylic acids is 1. The molecule has 0 radical (unpaired) electrons. The normalized spacial score (nSPS) is 15.6. The van der Waals surface area contributed by atoms with Crippen LogP contribution in [0.15, 0.2) is 24.3 Å². The van der Waals surface area contributed by atoms with Crippen LogP contribution in [0.4, 0.5) is 5.13 Å². The molecule has 1 aromatic heterocycles. The van der Waals surface area contributed by atoms with Crippen LogP contribution in [0.2, 0.25) is 0 Å². The first kappa shape index (κ1) is 16.2. The van der Waals surface area contributed by atoms with Gasteiger partial charge in [0.2, 0.25) is 0 Å². The van der Waals surface area contributed by atoms with Crippen LogP contribution in [-0.4, -0.2) is 16.8 Å². The number of aromatic nitrogens is 1. The number of nitrogens with one attached hydrogen (secondary N) is 1. The molecule has 1 saturated carbocycles. The lowest BCUT2D eigenvalue weighted by Crippen LogP contribution is -2.21. The smallest absolute Gasteiger partial charge is 0.183 e. The summed E-state index contributed by atoms with van der Waals surface area (Å²) in [5.41, 5.74) is 3.25. The Morgan fingerprint density at radius 1 is 1.22 bits per heavy atom. The minimum Gasteiger partial charge on any atom is -0.359 e. The maximum Gasteiger partial charge on any atom is 0.183 e. The largest absolute Gasteiger partial charge is 0.359 e. The van der Waals surface area contributed by atoms with E-state index in [4.69, 9.17) is 4.98 Å². The van der Waals surface area contributed by atoms with E-state index < -0.39 is 0 Å². The molecule has 23 heavy (non-hydrogen) atoms. The summed E-state index contributed by atoms with van der Waals surface area (Å²) in [6.07, 6.45) is 7.04. The van der Waals surface area contributed by atoms with E-state index in [9.17, 15) is 4.79 Å². The van der Waals surface area contributed by atoms with E-state index >= 15 is 0 Å². The van der Waals surface area contributed by atoms with Crippen molar-refractivity contribution in [2.75, 3.05) is 5.32 Å². The Balaban J connectivity index is 1.73. The molecule has 1 aromatic carbocycles. The maximum atomic E-state index is 11.2. The third-order valence-corrected chi connectivity index (χ3v) is 5.31. The first-order valence-electron chi connectivity index (χ1n) is 8.44. The van der Waals surface area contributed by atoms with Gasteiger partial charge in [-0.2, -0.15) is 0 Å². The van der Waals surface area contributed by atoms with Gasteiger partial charge in [0, 0.05) is 22.9 Å². The molecule has 1 heterocycles. The first-order chi connectivity index (χ1) is 11.1. The average Bonchev–Trinajstić information content (AvgIpc) is 2.89. The van der Waals surface area contributed by atoms with E-state index in [0.29, 0.717) is 12.5 Å². The number of anilines is 1. The zero-order valence-corrected chi connectivity index (χ0v) is 14.7. The summed E-state index contributed by atoms with van der Waals surface area (Å²) in [7, 11) is 0. The van der Waals surface area contributed by atoms with Gasteiger partial charge in [0.25, 0.3) is 0 Å². The Morgan fingerprint density at radius 2 is 1.91 bits per heavy atom. The van der Waals surface area contributed by atoms with E-state index in [1.165, 1.54) is 37.0 Å². The lowest BCUT2D eigenvalue weighted by molar-refractivity contribution is -0.116. The van der Waals surface area contributed by atoms with Gasteiger partial charge in [-0.05, 0) is 32.3 Å². The Labute approximate surface area is 142 Å². The third-order valence-electron chi connectivity index (χ3n) is 4.41. The molecule has 1 aliphatic carbocycles. The molecular formula is C19H24N2OS. The molecule has 0 atom stereocenters. The molecule has 122 valence electrons. The van der Waals surface area contributed by atoms with Crippen LogP contribution in [0.25, 0.3) is 11.3 Å². The van der Waals surface area contributed by atoms with Crippen molar-refractivity contribution < 1.29 is 4.79 Å². The van der Waals surface area contributed by atoms with Crippen LogP contribution in [-0.2, 0) is 11.2 Å². The summed E-state index contributed by atoms with van der Waals surface area (Å²) in [4.78, 5) is 17.2. The van der Waals surface area contributed by atoms with Gasteiger partial charge in [0.1, 0.15) is 5.78 Å². The molecule has 4 heteroatoms. The number of carbonyl (C=O) groups is 1.